The zero-order valence-electron chi connectivity index (χ0n) is 18.0. The van der Waals surface area contributed by atoms with Gasteiger partial charge in [0, 0.05) is 38.4 Å². The minimum atomic E-state index is -0.0236. The van der Waals surface area contributed by atoms with Crippen molar-refractivity contribution in [3.8, 4) is 5.75 Å². The first-order valence-corrected chi connectivity index (χ1v) is 10.8. The van der Waals surface area contributed by atoms with Gasteiger partial charge in [-0.1, -0.05) is 6.07 Å². The lowest BCUT2D eigenvalue weighted by atomic mass is 10.0. The third-order valence-electron chi connectivity index (χ3n) is 6.17. The maximum absolute atomic E-state index is 12.5. The van der Waals surface area contributed by atoms with E-state index in [-0.39, 0.29) is 11.5 Å². The number of aromatic nitrogens is 2. The largest absolute Gasteiger partial charge is 0.488 e. The summed E-state index contributed by atoms with van der Waals surface area (Å²) in [5.41, 5.74) is 3.84. The molecule has 0 unspecified atom stereocenters. The molecule has 162 valence electrons. The molecule has 8 nitrogen and oxygen atoms in total. The van der Waals surface area contributed by atoms with Crippen molar-refractivity contribution in [2.24, 2.45) is 4.99 Å². The highest BCUT2D eigenvalue weighted by atomic mass is 16.5. The lowest BCUT2D eigenvalue weighted by molar-refractivity contribution is -0.131. The van der Waals surface area contributed by atoms with Crippen molar-refractivity contribution in [1.29, 1.82) is 0 Å². The van der Waals surface area contributed by atoms with E-state index in [1.165, 1.54) is 5.56 Å². The summed E-state index contributed by atoms with van der Waals surface area (Å²) in [6.45, 7) is 5.64. The standard InChI is InChI=1S/C23H27N5O3/c1-23(5-6-23)31-17-4-3-16-13-24-22(18(16)11-17)19-12-20(26-15-25-19)28-8-7-27(9-10-30-2)21(29)14-28/h3-4,11-12,15H,5-10,13-14H2,1-2H3. The van der Waals surface area contributed by atoms with Gasteiger partial charge in [0.25, 0.3) is 0 Å². The first-order valence-electron chi connectivity index (χ1n) is 10.8. The van der Waals surface area contributed by atoms with Crippen LogP contribution in [0.2, 0.25) is 0 Å². The van der Waals surface area contributed by atoms with Crippen molar-refractivity contribution in [1.82, 2.24) is 14.9 Å². The van der Waals surface area contributed by atoms with Crippen molar-refractivity contribution in [2.75, 3.05) is 44.8 Å². The van der Waals surface area contributed by atoms with Crippen LogP contribution in [0.15, 0.2) is 35.6 Å². The molecule has 1 amide bonds. The lowest BCUT2D eigenvalue weighted by Crippen LogP contribution is -2.51. The Morgan fingerprint density at radius 3 is 2.81 bits per heavy atom. The highest BCUT2D eigenvalue weighted by molar-refractivity contribution is 6.14. The van der Waals surface area contributed by atoms with E-state index in [9.17, 15) is 4.79 Å². The number of hydrogen-bond donors (Lipinski definition) is 0. The Balaban J connectivity index is 1.34. The maximum Gasteiger partial charge on any atom is 0.242 e. The van der Waals surface area contributed by atoms with E-state index in [0.29, 0.717) is 32.8 Å². The number of hydrogen-bond acceptors (Lipinski definition) is 7. The number of piperazine rings is 1. The fraction of sp³-hybridized carbons (Fsp3) is 0.478. The Bertz CT molecular complexity index is 1030. The summed E-state index contributed by atoms with van der Waals surface area (Å²) in [7, 11) is 1.65. The summed E-state index contributed by atoms with van der Waals surface area (Å²) in [4.78, 5) is 30.0. The van der Waals surface area contributed by atoms with Crippen LogP contribution in [0.3, 0.4) is 0 Å². The van der Waals surface area contributed by atoms with Gasteiger partial charge >= 0.3 is 0 Å². The van der Waals surface area contributed by atoms with E-state index in [4.69, 9.17) is 14.5 Å². The van der Waals surface area contributed by atoms with E-state index in [0.717, 1.165) is 47.9 Å². The van der Waals surface area contributed by atoms with Gasteiger partial charge in [-0.15, -0.1) is 0 Å². The molecule has 3 aliphatic rings. The molecule has 1 saturated heterocycles. The molecule has 1 aliphatic carbocycles. The van der Waals surface area contributed by atoms with Gasteiger partial charge in [-0.25, -0.2) is 9.97 Å². The molecule has 0 radical (unpaired) electrons. The summed E-state index contributed by atoms with van der Waals surface area (Å²) in [5.74, 6) is 1.71. The summed E-state index contributed by atoms with van der Waals surface area (Å²) < 4.78 is 11.2. The monoisotopic (exact) mass is 421 g/mol. The van der Waals surface area contributed by atoms with Crippen molar-refractivity contribution in [3.05, 3.63) is 47.4 Å². The van der Waals surface area contributed by atoms with Crippen LogP contribution in [-0.2, 0) is 16.1 Å². The molecular weight excluding hydrogens is 394 g/mol. The fourth-order valence-electron chi connectivity index (χ4n) is 4.00. The molecule has 1 aromatic heterocycles. The molecule has 2 fully saturated rings. The molecule has 8 heteroatoms. The zero-order chi connectivity index (χ0) is 21.4. The van der Waals surface area contributed by atoms with Gasteiger partial charge in [-0.2, -0.15) is 0 Å². The average molecular weight is 422 g/mol. The summed E-state index contributed by atoms with van der Waals surface area (Å²) >= 11 is 0. The number of aliphatic imine (C=N–C) groups is 1. The second-order valence-electron chi connectivity index (χ2n) is 8.59. The molecule has 31 heavy (non-hydrogen) atoms. The first-order chi connectivity index (χ1) is 15.0. The van der Waals surface area contributed by atoms with Crippen LogP contribution in [0, 0.1) is 0 Å². The minimum Gasteiger partial charge on any atom is -0.488 e. The number of nitrogens with zero attached hydrogens (tertiary/aromatic N) is 5. The predicted molar refractivity (Wildman–Crippen MR) is 117 cm³/mol. The van der Waals surface area contributed by atoms with E-state index >= 15 is 0 Å². The molecule has 0 bridgehead atoms. The van der Waals surface area contributed by atoms with Gasteiger partial charge < -0.3 is 19.3 Å². The van der Waals surface area contributed by atoms with Crippen LogP contribution in [-0.4, -0.2) is 72.0 Å². The summed E-state index contributed by atoms with van der Waals surface area (Å²) in [5, 5.41) is 0. The molecule has 1 aromatic carbocycles. The van der Waals surface area contributed by atoms with Gasteiger partial charge in [-0.05, 0) is 37.5 Å². The number of benzene rings is 1. The second kappa shape index (κ2) is 7.92. The minimum absolute atomic E-state index is 0.0236. The van der Waals surface area contributed by atoms with Crippen molar-refractivity contribution in [3.63, 3.8) is 0 Å². The molecule has 1 saturated carbocycles. The van der Waals surface area contributed by atoms with Crippen molar-refractivity contribution in [2.45, 2.75) is 31.9 Å². The summed E-state index contributed by atoms with van der Waals surface area (Å²) in [6, 6.07) is 8.13. The smallest absolute Gasteiger partial charge is 0.242 e. The number of methoxy groups -OCH3 is 1. The molecule has 2 aromatic rings. The number of carbonyl (C=O) groups excluding carboxylic acids is 1. The quantitative estimate of drug-likeness (QED) is 0.681. The van der Waals surface area contributed by atoms with E-state index in [2.05, 4.69) is 29.0 Å². The van der Waals surface area contributed by atoms with Crippen LogP contribution >= 0.6 is 0 Å². The van der Waals surface area contributed by atoms with Gasteiger partial charge in [0.15, 0.2) is 0 Å². The first kappa shape index (κ1) is 19.9. The normalized spacial score (nSPS) is 19.3. The highest BCUT2D eigenvalue weighted by Gasteiger charge is 2.40. The number of amides is 1. The van der Waals surface area contributed by atoms with Crippen LogP contribution in [0.5, 0.6) is 5.75 Å². The van der Waals surface area contributed by atoms with Crippen molar-refractivity contribution < 1.29 is 14.3 Å². The van der Waals surface area contributed by atoms with Crippen LogP contribution in [0.4, 0.5) is 5.82 Å². The third-order valence-corrected chi connectivity index (χ3v) is 6.17. The number of ether oxygens (including phenoxy) is 2. The van der Waals surface area contributed by atoms with Gasteiger partial charge in [0.05, 0.1) is 31.1 Å². The fourth-order valence-corrected chi connectivity index (χ4v) is 4.00. The molecule has 3 heterocycles. The number of anilines is 1. The van der Waals surface area contributed by atoms with Crippen LogP contribution in [0.25, 0.3) is 0 Å². The van der Waals surface area contributed by atoms with Gasteiger partial charge in [-0.3, -0.25) is 9.79 Å². The van der Waals surface area contributed by atoms with Gasteiger partial charge in [0.2, 0.25) is 5.91 Å². The molecule has 2 aliphatic heterocycles. The molecule has 5 rings (SSSR count). The van der Waals surface area contributed by atoms with E-state index in [1.807, 2.05) is 21.9 Å². The predicted octanol–water partition coefficient (Wildman–Crippen LogP) is 2.05. The Hall–Kier alpha value is -3.00. The molecule has 0 atom stereocenters. The van der Waals surface area contributed by atoms with E-state index in [1.54, 1.807) is 13.4 Å². The second-order valence-corrected chi connectivity index (χ2v) is 8.59. The number of fused-ring (bicyclic) bond motifs is 1. The van der Waals surface area contributed by atoms with Crippen LogP contribution in [0.1, 0.15) is 36.6 Å². The van der Waals surface area contributed by atoms with Crippen molar-refractivity contribution >= 4 is 17.4 Å². The topological polar surface area (TPSA) is 80.2 Å². The van der Waals surface area contributed by atoms with E-state index < -0.39 is 0 Å². The Labute approximate surface area is 181 Å². The molecule has 0 spiro atoms. The zero-order valence-corrected chi connectivity index (χ0v) is 18.0. The number of rotatable bonds is 7. The summed E-state index contributed by atoms with van der Waals surface area (Å²) in [6.07, 6.45) is 3.74. The molecule has 0 N–H and O–H groups in total. The number of carbonyl (C=O) groups is 1. The average Bonchev–Trinajstić information content (AvgIpc) is 3.35. The third kappa shape index (κ3) is 4.12. The SMILES string of the molecule is COCCN1CCN(c2cc(C3=NCc4ccc(OC5(C)CC5)cc43)ncn2)CC1=O. The van der Waals surface area contributed by atoms with Gasteiger partial charge in [0.1, 0.15) is 23.5 Å². The Morgan fingerprint density at radius 1 is 1.16 bits per heavy atom. The highest BCUT2D eigenvalue weighted by Crippen LogP contribution is 2.40. The Kier molecular flexibility index (Phi) is 5.09. The van der Waals surface area contributed by atoms with Crippen LogP contribution < -0.4 is 9.64 Å². The maximum atomic E-state index is 12.5. The lowest BCUT2D eigenvalue weighted by Gasteiger charge is -2.34. The Morgan fingerprint density at radius 2 is 2.03 bits per heavy atom. The molecular formula is C23H27N5O3.